The van der Waals surface area contributed by atoms with Crippen LogP contribution in [-0.2, 0) is 22.6 Å². The summed E-state index contributed by atoms with van der Waals surface area (Å²) in [5.41, 5.74) is 5.58. The summed E-state index contributed by atoms with van der Waals surface area (Å²) in [6, 6.07) is -0.408. The van der Waals surface area contributed by atoms with Gasteiger partial charge in [-0.1, -0.05) is 20.8 Å². The van der Waals surface area contributed by atoms with Crippen molar-refractivity contribution in [2.45, 2.75) is 52.6 Å². The third-order valence-electron chi connectivity index (χ3n) is 7.30. The first kappa shape index (κ1) is 27.6. The first-order chi connectivity index (χ1) is 17.8. The van der Waals surface area contributed by atoms with Crippen LogP contribution in [0.5, 0.6) is 0 Å². The number of benzene rings is 1. The number of fused-ring (bicyclic) bond motifs is 1. The van der Waals surface area contributed by atoms with E-state index in [9.17, 15) is 27.6 Å². The molecular formula is C26H33F3N6O3. The zero-order valence-corrected chi connectivity index (χ0v) is 22.0. The van der Waals surface area contributed by atoms with Gasteiger partial charge in [0.1, 0.15) is 17.6 Å². The molecule has 3 heterocycles. The molecule has 206 valence electrons. The topological polar surface area (TPSA) is 114 Å². The predicted molar refractivity (Wildman–Crippen MR) is 133 cm³/mol. The predicted octanol–water partition coefficient (Wildman–Crippen LogP) is 2.65. The Hall–Kier alpha value is -3.41. The molecule has 1 atom stereocenters. The molecule has 12 heteroatoms. The van der Waals surface area contributed by atoms with Gasteiger partial charge >= 0.3 is 6.03 Å². The van der Waals surface area contributed by atoms with Crippen LogP contribution in [-0.4, -0.2) is 70.1 Å². The summed E-state index contributed by atoms with van der Waals surface area (Å²) >= 11 is 0. The molecule has 2 aliphatic rings. The summed E-state index contributed by atoms with van der Waals surface area (Å²) in [4.78, 5) is 42.1. The zero-order chi connectivity index (χ0) is 27.9. The number of hydrogen-bond acceptors (Lipinski definition) is 5. The van der Waals surface area contributed by atoms with Crippen LogP contribution in [0.1, 0.15) is 44.9 Å². The molecule has 0 saturated carbocycles. The fourth-order valence-corrected chi connectivity index (χ4v) is 5.04. The van der Waals surface area contributed by atoms with Gasteiger partial charge in [0.2, 0.25) is 11.8 Å². The quantitative estimate of drug-likeness (QED) is 0.586. The second kappa shape index (κ2) is 10.4. The normalized spacial score (nSPS) is 17.7. The number of aromatic nitrogens is 2. The van der Waals surface area contributed by atoms with Gasteiger partial charge in [0.05, 0.1) is 5.69 Å². The van der Waals surface area contributed by atoms with Crippen molar-refractivity contribution in [1.82, 2.24) is 24.9 Å². The summed E-state index contributed by atoms with van der Waals surface area (Å²) < 4.78 is 43.4. The second-order valence-electron chi connectivity index (χ2n) is 11.2. The molecule has 3 N–H and O–H groups in total. The van der Waals surface area contributed by atoms with Gasteiger partial charge in [0.25, 0.3) is 0 Å². The number of nitrogens with zero attached hydrogens (tertiary/aromatic N) is 4. The van der Waals surface area contributed by atoms with E-state index < -0.39 is 34.9 Å². The van der Waals surface area contributed by atoms with Crippen molar-refractivity contribution in [2.75, 3.05) is 26.7 Å². The minimum atomic E-state index is -1.32. The van der Waals surface area contributed by atoms with E-state index in [4.69, 9.17) is 5.73 Å². The number of carbonyl (C=O) groups excluding carboxylic acids is 3. The van der Waals surface area contributed by atoms with E-state index in [1.165, 1.54) is 0 Å². The molecule has 3 amide bonds. The van der Waals surface area contributed by atoms with Crippen LogP contribution in [0.2, 0.25) is 0 Å². The monoisotopic (exact) mass is 534 g/mol. The molecule has 9 nitrogen and oxygen atoms in total. The molecule has 38 heavy (non-hydrogen) atoms. The summed E-state index contributed by atoms with van der Waals surface area (Å²) in [5.74, 6) is -4.50. The maximum Gasteiger partial charge on any atom is 0.343 e. The number of nitrogens with two attached hydrogens (primary N) is 1. The molecule has 0 aliphatic carbocycles. The molecular weight excluding hydrogens is 501 g/mol. The fourth-order valence-electron chi connectivity index (χ4n) is 5.04. The second-order valence-corrected chi connectivity index (χ2v) is 11.2. The van der Waals surface area contributed by atoms with Gasteiger partial charge < -0.3 is 20.9 Å². The standard InChI is InChI=1S/C26H33F3N6O3/c1-26(2,3)22(24(37)34-9-5-14(6-10-34)23(30)36)31-25(38)35-20-7-8-33(4)13-16(20)21(32-35)15-11-18(28)19(29)12-17(15)27/h11-12,14,22H,5-10,13H2,1-4H3,(H2,30,36)(H,31,38)/t22-/m1/s1. The molecule has 0 unspecified atom stereocenters. The van der Waals surface area contributed by atoms with Crippen LogP contribution in [0.3, 0.4) is 0 Å². The Morgan fingerprint density at radius 3 is 2.29 bits per heavy atom. The third-order valence-corrected chi connectivity index (χ3v) is 7.30. The Labute approximate surface area is 219 Å². The van der Waals surface area contributed by atoms with Crippen LogP contribution in [0.15, 0.2) is 12.1 Å². The van der Waals surface area contributed by atoms with Crippen molar-refractivity contribution in [3.05, 3.63) is 40.8 Å². The van der Waals surface area contributed by atoms with Crippen molar-refractivity contribution in [2.24, 2.45) is 17.1 Å². The number of primary amides is 1. The molecule has 0 radical (unpaired) electrons. The van der Waals surface area contributed by atoms with Crippen LogP contribution in [0.25, 0.3) is 11.3 Å². The number of nitrogens with one attached hydrogen (secondary N) is 1. The smallest absolute Gasteiger partial charge is 0.343 e. The number of hydrogen-bond donors (Lipinski definition) is 2. The highest BCUT2D eigenvalue weighted by atomic mass is 19.2. The van der Waals surface area contributed by atoms with Gasteiger partial charge in [0.15, 0.2) is 11.6 Å². The van der Waals surface area contributed by atoms with E-state index in [-0.39, 0.29) is 29.0 Å². The average molecular weight is 535 g/mol. The van der Waals surface area contributed by atoms with Gasteiger partial charge in [-0.2, -0.15) is 9.78 Å². The van der Waals surface area contributed by atoms with Crippen LogP contribution in [0, 0.1) is 28.8 Å². The summed E-state index contributed by atoms with van der Waals surface area (Å²) in [5, 5.41) is 7.14. The average Bonchev–Trinajstić information content (AvgIpc) is 3.22. The molecule has 0 bridgehead atoms. The summed E-state index contributed by atoms with van der Waals surface area (Å²) in [7, 11) is 1.85. The maximum absolute atomic E-state index is 14.7. The van der Waals surface area contributed by atoms with Gasteiger partial charge in [-0.15, -0.1) is 0 Å². The highest BCUT2D eigenvalue weighted by molar-refractivity contribution is 5.89. The number of likely N-dealkylation sites (N-methyl/N-ethyl adjacent to an activating group) is 1. The number of likely N-dealkylation sites (tertiary alicyclic amines) is 1. The molecule has 1 saturated heterocycles. The molecule has 2 aromatic rings. The Morgan fingerprint density at radius 1 is 1.05 bits per heavy atom. The number of rotatable bonds is 4. The van der Waals surface area contributed by atoms with Gasteiger partial charge in [0, 0.05) is 55.7 Å². The SMILES string of the molecule is CN1CCc2c(c(-c3cc(F)c(F)cc3F)nn2C(=O)N[C@H](C(=O)N2CCC(C(N)=O)CC2)C(C)(C)C)C1. The minimum absolute atomic E-state index is 0.0465. The lowest BCUT2D eigenvalue weighted by atomic mass is 9.85. The van der Waals surface area contributed by atoms with Crippen molar-refractivity contribution in [3.63, 3.8) is 0 Å². The van der Waals surface area contributed by atoms with Crippen LogP contribution in [0.4, 0.5) is 18.0 Å². The lowest BCUT2D eigenvalue weighted by Gasteiger charge is -2.37. The Kier molecular flexibility index (Phi) is 7.55. The number of amides is 3. The maximum atomic E-state index is 14.7. The largest absolute Gasteiger partial charge is 0.369 e. The third kappa shape index (κ3) is 5.40. The van der Waals surface area contributed by atoms with E-state index in [0.29, 0.717) is 62.8 Å². The summed E-state index contributed by atoms with van der Waals surface area (Å²) in [6.45, 7) is 7.08. The highest BCUT2D eigenvalue weighted by Crippen LogP contribution is 2.33. The van der Waals surface area contributed by atoms with Crippen molar-refractivity contribution in [3.8, 4) is 11.3 Å². The minimum Gasteiger partial charge on any atom is -0.369 e. The van der Waals surface area contributed by atoms with Crippen LogP contribution < -0.4 is 11.1 Å². The molecule has 1 fully saturated rings. The highest BCUT2D eigenvalue weighted by Gasteiger charge is 2.39. The van der Waals surface area contributed by atoms with Gasteiger partial charge in [-0.05, 0) is 31.4 Å². The van der Waals surface area contributed by atoms with E-state index in [0.717, 1.165) is 10.7 Å². The number of carbonyl (C=O) groups is 3. The lowest BCUT2D eigenvalue weighted by Crippen LogP contribution is -2.57. The lowest BCUT2D eigenvalue weighted by molar-refractivity contribution is -0.138. The molecule has 2 aliphatic heterocycles. The van der Waals surface area contributed by atoms with Gasteiger partial charge in [-0.3, -0.25) is 9.59 Å². The molecule has 1 aromatic heterocycles. The number of halogens is 3. The van der Waals surface area contributed by atoms with Crippen molar-refractivity contribution < 1.29 is 27.6 Å². The fraction of sp³-hybridized carbons (Fsp3) is 0.538. The summed E-state index contributed by atoms with van der Waals surface area (Å²) in [6.07, 6.45) is 1.32. The van der Waals surface area contributed by atoms with Crippen molar-refractivity contribution in [1.29, 1.82) is 0 Å². The van der Waals surface area contributed by atoms with E-state index in [1.54, 1.807) is 4.90 Å². The Balaban J connectivity index is 1.65. The number of piperidine rings is 1. The van der Waals surface area contributed by atoms with E-state index >= 15 is 0 Å². The van der Waals surface area contributed by atoms with E-state index in [2.05, 4.69) is 10.4 Å². The first-order valence-electron chi connectivity index (χ1n) is 12.6. The molecule has 4 rings (SSSR count). The van der Waals surface area contributed by atoms with Crippen molar-refractivity contribution >= 4 is 17.8 Å². The Morgan fingerprint density at radius 2 is 1.68 bits per heavy atom. The van der Waals surface area contributed by atoms with Crippen LogP contribution >= 0.6 is 0 Å². The Bertz CT molecular complexity index is 1260. The zero-order valence-electron chi connectivity index (χ0n) is 22.0. The first-order valence-corrected chi connectivity index (χ1v) is 12.6. The van der Waals surface area contributed by atoms with Gasteiger partial charge in [-0.25, -0.2) is 18.0 Å². The molecule has 0 spiro atoms. The van der Waals surface area contributed by atoms with E-state index in [1.807, 2.05) is 32.7 Å². The molecule has 1 aromatic carbocycles.